The Morgan fingerprint density at radius 1 is 1.44 bits per heavy atom. The van der Waals surface area contributed by atoms with Crippen molar-refractivity contribution in [3.05, 3.63) is 0 Å². The third-order valence-electron chi connectivity index (χ3n) is 3.31. The van der Waals surface area contributed by atoms with Crippen molar-refractivity contribution in [1.29, 1.82) is 0 Å². The van der Waals surface area contributed by atoms with Gasteiger partial charge in [-0.3, -0.25) is 4.79 Å². The summed E-state index contributed by atoms with van der Waals surface area (Å²) in [6.45, 7) is 1.58. The second-order valence-electron chi connectivity index (χ2n) is 4.69. The van der Waals surface area contributed by atoms with Crippen molar-refractivity contribution in [2.45, 2.75) is 37.4 Å². The van der Waals surface area contributed by atoms with E-state index in [1.165, 1.54) is 0 Å². The highest BCUT2D eigenvalue weighted by molar-refractivity contribution is 5.77. The highest BCUT2D eigenvalue weighted by Crippen LogP contribution is 2.48. The summed E-state index contributed by atoms with van der Waals surface area (Å²) in [5.41, 5.74) is -1.91. The molecule has 1 aliphatic heterocycles. The first-order chi connectivity index (χ1) is 7.43. The molecule has 16 heavy (non-hydrogen) atoms. The maximum absolute atomic E-state index is 12.5. The summed E-state index contributed by atoms with van der Waals surface area (Å²) >= 11 is 0. The van der Waals surface area contributed by atoms with Crippen LogP contribution in [0, 0.1) is 5.92 Å². The Hall–Kier alpha value is -0.780. The lowest BCUT2D eigenvalue weighted by Crippen LogP contribution is -2.48. The lowest BCUT2D eigenvalue weighted by molar-refractivity contribution is -0.170. The van der Waals surface area contributed by atoms with Crippen LogP contribution in [0.3, 0.4) is 0 Å². The molecule has 1 unspecified atom stereocenters. The molecule has 0 spiro atoms. The van der Waals surface area contributed by atoms with Crippen molar-refractivity contribution in [1.82, 2.24) is 10.6 Å². The molecule has 2 fully saturated rings. The molecular formula is C10H15F3N2O. The van der Waals surface area contributed by atoms with Gasteiger partial charge in [-0.05, 0) is 38.3 Å². The van der Waals surface area contributed by atoms with Crippen molar-refractivity contribution in [2.24, 2.45) is 5.92 Å². The van der Waals surface area contributed by atoms with Gasteiger partial charge >= 0.3 is 6.18 Å². The molecule has 0 aromatic carbocycles. The molecule has 2 N–H and O–H groups in total. The summed E-state index contributed by atoms with van der Waals surface area (Å²) in [5, 5.41) is 5.23. The molecule has 3 nitrogen and oxygen atoms in total. The van der Waals surface area contributed by atoms with Crippen LogP contribution in [-0.4, -0.2) is 30.7 Å². The smallest absolute Gasteiger partial charge is 0.342 e. The zero-order valence-corrected chi connectivity index (χ0v) is 8.86. The highest BCUT2D eigenvalue weighted by Gasteiger charge is 2.64. The first-order valence-corrected chi connectivity index (χ1v) is 5.51. The quantitative estimate of drug-likeness (QED) is 0.773. The third kappa shape index (κ3) is 2.31. The van der Waals surface area contributed by atoms with Crippen molar-refractivity contribution >= 4 is 5.91 Å². The maximum Gasteiger partial charge on any atom is 0.411 e. The van der Waals surface area contributed by atoms with Crippen LogP contribution in [0.2, 0.25) is 0 Å². The number of amides is 1. The van der Waals surface area contributed by atoms with E-state index in [1.807, 2.05) is 0 Å². The first kappa shape index (κ1) is 11.7. The number of hydrogen-bond donors (Lipinski definition) is 2. The Morgan fingerprint density at radius 3 is 2.56 bits per heavy atom. The van der Waals surface area contributed by atoms with Crippen molar-refractivity contribution in [3.8, 4) is 0 Å². The summed E-state index contributed by atoms with van der Waals surface area (Å²) in [5.74, 6) is -0.285. The Labute approximate surface area is 91.8 Å². The van der Waals surface area contributed by atoms with Crippen molar-refractivity contribution < 1.29 is 18.0 Å². The maximum atomic E-state index is 12.5. The van der Waals surface area contributed by atoms with Gasteiger partial charge < -0.3 is 10.6 Å². The molecular weight excluding hydrogens is 221 g/mol. The van der Waals surface area contributed by atoms with E-state index in [9.17, 15) is 18.0 Å². The molecule has 0 bridgehead atoms. The summed E-state index contributed by atoms with van der Waals surface area (Å²) in [7, 11) is 0. The Morgan fingerprint density at radius 2 is 2.12 bits per heavy atom. The van der Waals surface area contributed by atoms with Crippen LogP contribution >= 0.6 is 0 Å². The SMILES string of the molecule is O=C(CC1CCNC1)NC1(C(F)(F)F)CC1. The number of carbonyl (C=O) groups is 1. The van der Waals surface area contributed by atoms with Crippen LogP contribution in [0.4, 0.5) is 13.2 Å². The lowest BCUT2D eigenvalue weighted by atomic mass is 10.0. The Kier molecular flexibility index (Phi) is 2.86. The van der Waals surface area contributed by atoms with Crippen LogP contribution < -0.4 is 10.6 Å². The minimum atomic E-state index is -4.31. The molecule has 1 amide bonds. The molecule has 1 saturated carbocycles. The van der Waals surface area contributed by atoms with Crippen LogP contribution in [0.25, 0.3) is 0 Å². The van der Waals surface area contributed by atoms with E-state index in [-0.39, 0.29) is 25.2 Å². The van der Waals surface area contributed by atoms with Gasteiger partial charge in [-0.2, -0.15) is 13.2 Å². The number of halogens is 3. The fraction of sp³-hybridized carbons (Fsp3) is 0.900. The second-order valence-corrected chi connectivity index (χ2v) is 4.69. The molecule has 1 aliphatic carbocycles. The van der Waals surface area contributed by atoms with Crippen LogP contribution in [0.5, 0.6) is 0 Å². The standard InChI is InChI=1S/C10H15F3N2O/c11-10(12,13)9(2-3-9)15-8(16)5-7-1-4-14-6-7/h7,14H,1-6H2,(H,15,16). The summed E-state index contributed by atoms with van der Waals surface area (Å²) in [6, 6.07) is 0. The van der Waals surface area contributed by atoms with Crippen LogP contribution in [0.15, 0.2) is 0 Å². The van der Waals surface area contributed by atoms with Gasteiger partial charge in [0.2, 0.25) is 5.91 Å². The van der Waals surface area contributed by atoms with Gasteiger partial charge in [-0.15, -0.1) is 0 Å². The van der Waals surface area contributed by atoms with E-state index >= 15 is 0 Å². The molecule has 1 atom stereocenters. The monoisotopic (exact) mass is 236 g/mol. The largest absolute Gasteiger partial charge is 0.411 e. The third-order valence-corrected chi connectivity index (χ3v) is 3.31. The molecule has 0 radical (unpaired) electrons. The summed E-state index contributed by atoms with van der Waals surface area (Å²) in [4.78, 5) is 11.5. The van der Waals surface area contributed by atoms with Crippen molar-refractivity contribution in [2.75, 3.05) is 13.1 Å². The average molecular weight is 236 g/mol. The van der Waals surface area contributed by atoms with Gasteiger partial charge in [-0.25, -0.2) is 0 Å². The predicted molar refractivity (Wildman–Crippen MR) is 51.8 cm³/mol. The zero-order chi connectivity index (χ0) is 11.8. The molecule has 1 heterocycles. The lowest BCUT2D eigenvalue weighted by Gasteiger charge is -2.21. The highest BCUT2D eigenvalue weighted by atomic mass is 19.4. The van der Waals surface area contributed by atoms with Crippen molar-refractivity contribution in [3.63, 3.8) is 0 Å². The average Bonchev–Trinajstić information content (AvgIpc) is 2.75. The molecule has 0 aromatic heterocycles. The fourth-order valence-corrected chi connectivity index (χ4v) is 2.07. The zero-order valence-electron chi connectivity index (χ0n) is 8.86. The van der Waals surface area contributed by atoms with Gasteiger partial charge in [0.1, 0.15) is 5.54 Å². The van der Waals surface area contributed by atoms with E-state index in [4.69, 9.17) is 0 Å². The van der Waals surface area contributed by atoms with Gasteiger partial charge in [0.15, 0.2) is 0 Å². The van der Waals surface area contributed by atoms with Crippen LogP contribution in [-0.2, 0) is 4.79 Å². The molecule has 0 aromatic rings. The normalized spacial score (nSPS) is 27.8. The molecule has 6 heteroatoms. The van der Waals surface area contributed by atoms with E-state index < -0.39 is 17.6 Å². The van der Waals surface area contributed by atoms with Crippen LogP contribution in [0.1, 0.15) is 25.7 Å². The Balaban J connectivity index is 1.83. The first-order valence-electron chi connectivity index (χ1n) is 5.51. The van der Waals surface area contributed by atoms with Gasteiger partial charge in [-0.1, -0.05) is 0 Å². The molecule has 92 valence electrons. The summed E-state index contributed by atoms with van der Waals surface area (Å²) < 4.78 is 37.6. The van der Waals surface area contributed by atoms with E-state index in [0.29, 0.717) is 0 Å². The van der Waals surface area contributed by atoms with Gasteiger partial charge in [0.05, 0.1) is 0 Å². The number of carbonyl (C=O) groups excluding carboxylic acids is 1. The molecule has 1 saturated heterocycles. The van der Waals surface area contributed by atoms with Gasteiger partial charge in [0, 0.05) is 6.42 Å². The fourth-order valence-electron chi connectivity index (χ4n) is 2.07. The second kappa shape index (κ2) is 3.91. The van der Waals surface area contributed by atoms with Gasteiger partial charge in [0.25, 0.3) is 0 Å². The van der Waals surface area contributed by atoms with E-state index in [1.54, 1.807) is 0 Å². The minimum absolute atomic E-state index is 0.0190. The molecule has 2 rings (SSSR count). The van der Waals surface area contributed by atoms with E-state index in [0.717, 1.165) is 19.5 Å². The van der Waals surface area contributed by atoms with E-state index in [2.05, 4.69) is 10.6 Å². The summed E-state index contributed by atoms with van der Waals surface area (Å²) in [6.07, 6.45) is -3.20. The minimum Gasteiger partial charge on any atom is -0.342 e. The molecule has 2 aliphatic rings. The number of nitrogens with one attached hydrogen (secondary N) is 2. The number of hydrogen-bond acceptors (Lipinski definition) is 2. The Bertz CT molecular complexity index is 280. The topological polar surface area (TPSA) is 41.1 Å². The number of rotatable bonds is 3. The number of alkyl halides is 3. The predicted octanol–water partition coefficient (Wildman–Crippen LogP) is 1.20.